The summed E-state index contributed by atoms with van der Waals surface area (Å²) in [5, 5.41) is 4.89. The number of anilines is 1. The summed E-state index contributed by atoms with van der Waals surface area (Å²) < 4.78 is 27.9. The summed E-state index contributed by atoms with van der Waals surface area (Å²) in [6.07, 6.45) is 6.76. The fourth-order valence-electron chi connectivity index (χ4n) is 4.49. The fourth-order valence-corrected chi connectivity index (χ4v) is 5.39. The molecule has 0 aliphatic carbocycles. The molecule has 1 aliphatic rings. The van der Waals surface area contributed by atoms with E-state index in [0.717, 1.165) is 11.8 Å². The van der Waals surface area contributed by atoms with Gasteiger partial charge in [-0.05, 0) is 36.8 Å². The van der Waals surface area contributed by atoms with Gasteiger partial charge in [0.1, 0.15) is 18.0 Å². The van der Waals surface area contributed by atoms with Crippen LogP contribution in [0.25, 0.3) is 21.9 Å². The monoisotopic (exact) mass is 573 g/mol. The second kappa shape index (κ2) is 10.5. The SMILES string of the molecule is Cn1c([C@H](CCNS(C)(=O)=O)Nc2ncnc3cc(C(=O)N4CC=CC4)c(Cl)cc23)nc2cc(Cl)ccc21. The number of nitrogens with one attached hydrogen (secondary N) is 2. The number of amides is 1. The van der Waals surface area contributed by atoms with Crippen molar-refractivity contribution in [2.45, 2.75) is 12.5 Å². The standard InChI is InChI=1S/C25H25Cl2N7O3S/c1-33-22-6-5-15(26)11-21(22)32-24(33)19(7-8-30-38(2,36)37)31-23-17-12-18(27)16(13-20(17)28-14-29-23)25(35)34-9-3-4-10-34/h3-6,11-14,19,30H,7-10H2,1-2H3,(H,28,29,31)/t19-/m0/s1. The van der Waals surface area contributed by atoms with Gasteiger partial charge < -0.3 is 14.8 Å². The molecule has 2 aromatic carbocycles. The second-order valence-electron chi connectivity index (χ2n) is 9.07. The van der Waals surface area contributed by atoms with Gasteiger partial charge in [0.25, 0.3) is 5.91 Å². The van der Waals surface area contributed by atoms with Crippen molar-refractivity contribution >= 4 is 66.9 Å². The third-order valence-electron chi connectivity index (χ3n) is 6.36. The van der Waals surface area contributed by atoms with E-state index >= 15 is 0 Å². The Morgan fingerprint density at radius 1 is 1.11 bits per heavy atom. The molecule has 0 saturated carbocycles. The highest BCUT2D eigenvalue weighted by molar-refractivity contribution is 7.88. The first kappa shape index (κ1) is 26.4. The molecule has 0 fully saturated rings. The first-order chi connectivity index (χ1) is 18.1. The number of fused-ring (bicyclic) bond motifs is 2. The molecule has 0 bridgehead atoms. The van der Waals surface area contributed by atoms with E-state index in [-0.39, 0.29) is 12.5 Å². The Balaban J connectivity index is 1.52. The van der Waals surface area contributed by atoms with Crippen molar-refractivity contribution in [3.05, 3.63) is 70.2 Å². The number of benzene rings is 2. The largest absolute Gasteiger partial charge is 0.359 e. The van der Waals surface area contributed by atoms with E-state index in [1.54, 1.807) is 29.2 Å². The predicted molar refractivity (Wildman–Crippen MR) is 149 cm³/mol. The Hall–Kier alpha value is -3.25. The highest BCUT2D eigenvalue weighted by Crippen LogP contribution is 2.32. The fraction of sp³-hybridized carbons (Fsp3) is 0.280. The summed E-state index contributed by atoms with van der Waals surface area (Å²) in [6, 6.07) is 8.36. The molecule has 198 valence electrons. The van der Waals surface area contributed by atoms with Gasteiger partial charge in [0.15, 0.2) is 0 Å². The quantitative estimate of drug-likeness (QED) is 0.306. The topological polar surface area (TPSA) is 122 Å². The van der Waals surface area contributed by atoms with Gasteiger partial charge in [-0.15, -0.1) is 0 Å². The van der Waals surface area contributed by atoms with E-state index in [9.17, 15) is 13.2 Å². The normalized spacial score (nSPS) is 14.5. The van der Waals surface area contributed by atoms with Crippen LogP contribution in [0.5, 0.6) is 0 Å². The van der Waals surface area contributed by atoms with Gasteiger partial charge in [0.05, 0.1) is 39.4 Å². The molecule has 1 atom stereocenters. The van der Waals surface area contributed by atoms with E-state index in [2.05, 4.69) is 20.0 Å². The molecule has 2 aromatic heterocycles. The number of nitrogens with zero attached hydrogens (tertiary/aromatic N) is 5. The molecule has 3 heterocycles. The highest BCUT2D eigenvalue weighted by atomic mass is 35.5. The molecule has 0 saturated heterocycles. The minimum Gasteiger partial charge on any atom is -0.359 e. The van der Waals surface area contributed by atoms with Crippen LogP contribution < -0.4 is 10.0 Å². The van der Waals surface area contributed by atoms with Crippen molar-refractivity contribution < 1.29 is 13.2 Å². The van der Waals surface area contributed by atoms with Crippen molar-refractivity contribution in [2.75, 3.05) is 31.2 Å². The van der Waals surface area contributed by atoms with Gasteiger partial charge in [0.2, 0.25) is 10.0 Å². The number of sulfonamides is 1. The lowest BCUT2D eigenvalue weighted by molar-refractivity contribution is 0.0800. The zero-order valence-electron chi connectivity index (χ0n) is 20.6. The third-order valence-corrected chi connectivity index (χ3v) is 7.63. The lowest BCUT2D eigenvalue weighted by atomic mass is 10.1. The third kappa shape index (κ3) is 5.46. The Kier molecular flexibility index (Phi) is 7.28. The van der Waals surface area contributed by atoms with Crippen LogP contribution in [-0.4, -0.2) is 64.6 Å². The molecule has 0 unspecified atom stereocenters. The van der Waals surface area contributed by atoms with Crippen LogP contribution in [0.1, 0.15) is 28.6 Å². The van der Waals surface area contributed by atoms with Crippen LogP contribution in [0, 0.1) is 0 Å². The van der Waals surface area contributed by atoms with Crippen molar-refractivity contribution in [1.29, 1.82) is 0 Å². The van der Waals surface area contributed by atoms with Gasteiger partial charge in [0, 0.05) is 37.1 Å². The first-order valence-electron chi connectivity index (χ1n) is 11.8. The molecule has 5 rings (SSSR count). The van der Waals surface area contributed by atoms with E-state index in [1.165, 1.54) is 6.33 Å². The second-order valence-corrected chi connectivity index (χ2v) is 11.7. The van der Waals surface area contributed by atoms with Crippen LogP contribution in [0.3, 0.4) is 0 Å². The molecule has 4 aromatic rings. The van der Waals surface area contributed by atoms with Crippen LogP contribution in [-0.2, 0) is 17.1 Å². The van der Waals surface area contributed by atoms with Crippen LogP contribution in [0.2, 0.25) is 10.0 Å². The molecule has 2 N–H and O–H groups in total. The average molecular weight is 574 g/mol. The van der Waals surface area contributed by atoms with Crippen molar-refractivity contribution in [2.24, 2.45) is 7.05 Å². The predicted octanol–water partition coefficient (Wildman–Crippen LogP) is 3.93. The molecule has 1 amide bonds. The van der Waals surface area contributed by atoms with Crippen molar-refractivity contribution in [1.82, 2.24) is 29.1 Å². The number of carbonyl (C=O) groups excluding carboxylic acids is 1. The number of hydrogen-bond acceptors (Lipinski definition) is 7. The van der Waals surface area contributed by atoms with Gasteiger partial charge in [-0.25, -0.2) is 28.1 Å². The minimum absolute atomic E-state index is 0.168. The summed E-state index contributed by atoms with van der Waals surface area (Å²) in [6.45, 7) is 1.25. The average Bonchev–Trinajstić information content (AvgIpc) is 3.50. The number of imidazole rings is 1. The molecule has 38 heavy (non-hydrogen) atoms. The Labute approximate surface area is 229 Å². The summed E-state index contributed by atoms with van der Waals surface area (Å²) >= 11 is 12.8. The smallest absolute Gasteiger partial charge is 0.256 e. The summed E-state index contributed by atoms with van der Waals surface area (Å²) in [5.41, 5.74) is 2.51. The van der Waals surface area contributed by atoms with Crippen LogP contribution in [0.4, 0.5) is 5.82 Å². The lowest BCUT2D eigenvalue weighted by Gasteiger charge is -2.21. The summed E-state index contributed by atoms with van der Waals surface area (Å²) in [4.78, 5) is 28.2. The minimum atomic E-state index is -3.38. The zero-order chi connectivity index (χ0) is 27.0. The van der Waals surface area contributed by atoms with Gasteiger partial charge in [-0.2, -0.15) is 0 Å². The van der Waals surface area contributed by atoms with Crippen molar-refractivity contribution in [3.8, 4) is 0 Å². The number of aromatic nitrogens is 4. The van der Waals surface area contributed by atoms with Gasteiger partial charge >= 0.3 is 0 Å². The highest BCUT2D eigenvalue weighted by Gasteiger charge is 2.23. The maximum atomic E-state index is 13.0. The molecular weight excluding hydrogens is 549 g/mol. The number of hydrogen-bond donors (Lipinski definition) is 2. The van der Waals surface area contributed by atoms with Gasteiger partial charge in [-0.1, -0.05) is 35.4 Å². The summed E-state index contributed by atoms with van der Waals surface area (Å²) in [7, 11) is -1.50. The van der Waals surface area contributed by atoms with Crippen LogP contribution >= 0.6 is 23.2 Å². The summed E-state index contributed by atoms with van der Waals surface area (Å²) in [5.74, 6) is 0.982. The van der Waals surface area contributed by atoms with Crippen molar-refractivity contribution in [3.63, 3.8) is 0 Å². The Bertz CT molecular complexity index is 1680. The van der Waals surface area contributed by atoms with E-state index in [0.29, 0.717) is 63.2 Å². The van der Waals surface area contributed by atoms with E-state index in [1.807, 2.05) is 29.8 Å². The maximum absolute atomic E-state index is 13.0. The lowest BCUT2D eigenvalue weighted by Crippen LogP contribution is -2.28. The van der Waals surface area contributed by atoms with Gasteiger partial charge in [-0.3, -0.25) is 4.79 Å². The molecule has 10 nitrogen and oxygen atoms in total. The van der Waals surface area contributed by atoms with E-state index < -0.39 is 16.1 Å². The van der Waals surface area contributed by atoms with Crippen LogP contribution in [0.15, 0.2) is 48.8 Å². The van der Waals surface area contributed by atoms with E-state index in [4.69, 9.17) is 28.2 Å². The molecule has 0 radical (unpaired) electrons. The zero-order valence-corrected chi connectivity index (χ0v) is 23.0. The number of halogens is 2. The Morgan fingerprint density at radius 3 is 2.61 bits per heavy atom. The molecule has 13 heteroatoms. The molecule has 1 aliphatic heterocycles. The number of rotatable bonds is 8. The maximum Gasteiger partial charge on any atom is 0.256 e. The number of carbonyl (C=O) groups is 1. The molecular formula is C25H25Cl2N7O3S. The molecule has 0 spiro atoms. The number of aryl methyl sites for hydroxylation is 1. The Morgan fingerprint density at radius 2 is 1.87 bits per heavy atom. The first-order valence-corrected chi connectivity index (χ1v) is 14.5.